The Balaban J connectivity index is 2.30. The van der Waals surface area contributed by atoms with Gasteiger partial charge in [-0.15, -0.1) is 12.3 Å². The van der Waals surface area contributed by atoms with E-state index < -0.39 is 0 Å². The van der Waals surface area contributed by atoms with Crippen LogP contribution in [0.5, 0.6) is 0 Å². The summed E-state index contributed by atoms with van der Waals surface area (Å²) in [5.74, 6) is 2.66. The molecule has 1 aliphatic rings. The van der Waals surface area contributed by atoms with Crippen LogP contribution in [-0.4, -0.2) is 36.7 Å². The minimum absolute atomic E-state index is 0.353. The molecule has 2 unspecified atom stereocenters. The van der Waals surface area contributed by atoms with E-state index in [0.29, 0.717) is 12.2 Å². The molecule has 1 fully saturated rings. The molecule has 68 valence electrons. The summed E-state index contributed by atoms with van der Waals surface area (Å²) in [6.07, 6.45) is 6.76. The van der Waals surface area contributed by atoms with Crippen molar-refractivity contribution in [3.8, 4) is 12.3 Å². The van der Waals surface area contributed by atoms with Crippen molar-refractivity contribution >= 4 is 0 Å². The monoisotopic (exact) mass is 167 g/mol. The zero-order valence-electron chi connectivity index (χ0n) is 7.92. The largest absolute Gasteiger partial charge is 0.373 e. The average molecular weight is 167 g/mol. The van der Waals surface area contributed by atoms with Crippen LogP contribution >= 0.6 is 0 Å². The lowest BCUT2D eigenvalue weighted by Crippen LogP contribution is -2.45. The van der Waals surface area contributed by atoms with E-state index in [1.165, 1.54) is 0 Å². The molecule has 2 atom stereocenters. The molecule has 1 saturated heterocycles. The Kier molecular flexibility index (Phi) is 3.58. The van der Waals surface area contributed by atoms with Gasteiger partial charge in [-0.25, -0.2) is 0 Å². The number of nitrogens with zero attached hydrogens (tertiary/aromatic N) is 1. The van der Waals surface area contributed by atoms with Crippen molar-refractivity contribution in [1.29, 1.82) is 0 Å². The fraction of sp³-hybridized carbons (Fsp3) is 0.800. The van der Waals surface area contributed by atoms with Crippen molar-refractivity contribution < 1.29 is 4.74 Å². The van der Waals surface area contributed by atoms with Crippen LogP contribution in [0.1, 0.15) is 20.3 Å². The summed E-state index contributed by atoms with van der Waals surface area (Å²) in [5, 5.41) is 0. The summed E-state index contributed by atoms with van der Waals surface area (Å²) in [6, 6.07) is 0. The van der Waals surface area contributed by atoms with Crippen molar-refractivity contribution in [2.45, 2.75) is 32.5 Å². The highest BCUT2D eigenvalue weighted by atomic mass is 16.5. The first-order valence-electron chi connectivity index (χ1n) is 4.53. The van der Waals surface area contributed by atoms with Crippen molar-refractivity contribution in [3.63, 3.8) is 0 Å². The second-order valence-corrected chi connectivity index (χ2v) is 3.47. The molecule has 1 heterocycles. The summed E-state index contributed by atoms with van der Waals surface area (Å²) >= 11 is 0. The number of morpholine rings is 1. The fourth-order valence-corrected chi connectivity index (χ4v) is 1.69. The minimum Gasteiger partial charge on any atom is -0.373 e. The highest BCUT2D eigenvalue weighted by Crippen LogP contribution is 2.10. The Hall–Kier alpha value is -0.520. The van der Waals surface area contributed by atoms with Crippen LogP contribution in [0.3, 0.4) is 0 Å². The Bertz CT molecular complexity index is 163. The predicted molar refractivity (Wildman–Crippen MR) is 49.9 cm³/mol. The molecule has 2 nitrogen and oxygen atoms in total. The summed E-state index contributed by atoms with van der Waals surface area (Å²) in [6.45, 7) is 7.27. The topological polar surface area (TPSA) is 12.5 Å². The Labute approximate surface area is 74.9 Å². The molecule has 0 aromatic rings. The Morgan fingerprint density at radius 3 is 2.50 bits per heavy atom. The summed E-state index contributed by atoms with van der Waals surface area (Å²) in [5.41, 5.74) is 0. The Morgan fingerprint density at radius 2 is 2.00 bits per heavy atom. The van der Waals surface area contributed by atoms with E-state index in [2.05, 4.69) is 24.7 Å². The van der Waals surface area contributed by atoms with Gasteiger partial charge in [0, 0.05) is 26.1 Å². The van der Waals surface area contributed by atoms with Crippen LogP contribution in [0.25, 0.3) is 0 Å². The molecule has 0 aliphatic carbocycles. The predicted octanol–water partition coefficient (Wildman–Crippen LogP) is 1.12. The molecule has 1 aliphatic heterocycles. The van der Waals surface area contributed by atoms with Crippen LogP contribution in [0.4, 0.5) is 0 Å². The van der Waals surface area contributed by atoms with Crippen LogP contribution in [-0.2, 0) is 4.74 Å². The fourth-order valence-electron chi connectivity index (χ4n) is 1.69. The zero-order valence-corrected chi connectivity index (χ0v) is 7.92. The van der Waals surface area contributed by atoms with Gasteiger partial charge in [0.1, 0.15) is 0 Å². The second-order valence-electron chi connectivity index (χ2n) is 3.47. The molecule has 1 rings (SSSR count). The number of hydrogen-bond donors (Lipinski definition) is 0. The standard InChI is InChI=1S/C10H17NO/c1-4-5-6-11-7-9(2)12-10(3)8-11/h1,9-10H,5-8H2,2-3H3. The van der Waals surface area contributed by atoms with E-state index in [0.717, 1.165) is 26.1 Å². The smallest absolute Gasteiger partial charge is 0.0678 e. The lowest BCUT2D eigenvalue weighted by atomic mass is 10.2. The van der Waals surface area contributed by atoms with Gasteiger partial charge in [-0.2, -0.15) is 0 Å². The lowest BCUT2D eigenvalue weighted by Gasteiger charge is -2.34. The highest BCUT2D eigenvalue weighted by molar-refractivity contribution is 4.86. The maximum atomic E-state index is 5.60. The number of hydrogen-bond acceptors (Lipinski definition) is 2. The van der Waals surface area contributed by atoms with E-state index >= 15 is 0 Å². The zero-order chi connectivity index (χ0) is 8.97. The van der Waals surface area contributed by atoms with Gasteiger partial charge in [0.2, 0.25) is 0 Å². The van der Waals surface area contributed by atoms with Gasteiger partial charge in [0.15, 0.2) is 0 Å². The maximum Gasteiger partial charge on any atom is 0.0678 e. The van der Waals surface area contributed by atoms with E-state index in [-0.39, 0.29) is 0 Å². The molecular formula is C10H17NO. The van der Waals surface area contributed by atoms with Crippen molar-refractivity contribution in [1.82, 2.24) is 4.90 Å². The Morgan fingerprint density at radius 1 is 1.42 bits per heavy atom. The van der Waals surface area contributed by atoms with Crippen LogP contribution in [0.15, 0.2) is 0 Å². The van der Waals surface area contributed by atoms with Crippen LogP contribution < -0.4 is 0 Å². The van der Waals surface area contributed by atoms with Crippen LogP contribution in [0, 0.1) is 12.3 Å². The summed E-state index contributed by atoms with van der Waals surface area (Å²) in [4.78, 5) is 2.37. The molecule has 2 heteroatoms. The molecule has 0 radical (unpaired) electrons. The van der Waals surface area contributed by atoms with Gasteiger partial charge in [0.05, 0.1) is 12.2 Å². The molecule has 0 saturated carbocycles. The maximum absolute atomic E-state index is 5.60. The van der Waals surface area contributed by atoms with E-state index in [4.69, 9.17) is 11.2 Å². The van der Waals surface area contributed by atoms with E-state index in [1.807, 2.05) is 0 Å². The third-order valence-corrected chi connectivity index (χ3v) is 2.07. The summed E-state index contributed by atoms with van der Waals surface area (Å²) < 4.78 is 5.60. The van der Waals surface area contributed by atoms with Crippen molar-refractivity contribution in [3.05, 3.63) is 0 Å². The molecule has 0 bridgehead atoms. The lowest BCUT2D eigenvalue weighted by molar-refractivity contribution is -0.0672. The normalized spacial score (nSPS) is 31.4. The van der Waals surface area contributed by atoms with Gasteiger partial charge >= 0.3 is 0 Å². The molecular weight excluding hydrogens is 150 g/mol. The highest BCUT2D eigenvalue weighted by Gasteiger charge is 2.20. The summed E-state index contributed by atoms with van der Waals surface area (Å²) in [7, 11) is 0. The van der Waals surface area contributed by atoms with Gasteiger partial charge in [-0.3, -0.25) is 4.90 Å². The van der Waals surface area contributed by atoms with Crippen molar-refractivity contribution in [2.24, 2.45) is 0 Å². The first-order chi connectivity index (χ1) is 5.72. The first kappa shape index (κ1) is 9.57. The molecule has 0 aromatic heterocycles. The minimum atomic E-state index is 0.353. The van der Waals surface area contributed by atoms with Gasteiger partial charge in [0.25, 0.3) is 0 Å². The molecule has 0 amide bonds. The molecule has 0 spiro atoms. The SMILES string of the molecule is C#CCCN1CC(C)OC(C)C1. The van der Waals surface area contributed by atoms with Gasteiger partial charge in [-0.1, -0.05) is 0 Å². The van der Waals surface area contributed by atoms with Gasteiger partial charge in [-0.05, 0) is 13.8 Å². The quantitative estimate of drug-likeness (QED) is 0.571. The third-order valence-electron chi connectivity index (χ3n) is 2.07. The first-order valence-corrected chi connectivity index (χ1v) is 4.53. The van der Waals surface area contributed by atoms with E-state index in [1.54, 1.807) is 0 Å². The molecule has 12 heavy (non-hydrogen) atoms. The van der Waals surface area contributed by atoms with E-state index in [9.17, 15) is 0 Å². The van der Waals surface area contributed by atoms with Gasteiger partial charge < -0.3 is 4.74 Å². The number of ether oxygens (including phenoxy) is 1. The molecule has 0 N–H and O–H groups in total. The van der Waals surface area contributed by atoms with Crippen LogP contribution in [0.2, 0.25) is 0 Å². The average Bonchev–Trinajstić information content (AvgIpc) is 1.99. The van der Waals surface area contributed by atoms with Crippen molar-refractivity contribution in [2.75, 3.05) is 19.6 Å². The second kappa shape index (κ2) is 4.49. The number of rotatable bonds is 2. The third kappa shape index (κ3) is 2.84. The number of terminal acetylenes is 1. The molecule has 0 aromatic carbocycles.